The number of carbonyl (C=O) groups is 3. The Morgan fingerprint density at radius 1 is 1.19 bits per heavy atom. The van der Waals surface area contributed by atoms with E-state index in [1.54, 1.807) is 6.07 Å². The van der Waals surface area contributed by atoms with Crippen LogP contribution in [0.3, 0.4) is 0 Å². The number of aromatic nitrogens is 1. The summed E-state index contributed by atoms with van der Waals surface area (Å²) in [6, 6.07) is 7.20. The van der Waals surface area contributed by atoms with Crippen LogP contribution in [-0.2, 0) is 0 Å². The molecule has 0 spiro atoms. The predicted octanol–water partition coefficient (Wildman–Crippen LogP) is 2.34. The number of anilines is 1. The maximum absolute atomic E-state index is 12.3. The number of imide groups is 1. The zero-order valence-corrected chi connectivity index (χ0v) is 12.0. The number of carboxylic acids is 1. The molecule has 0 unspecified atom stereocenters. The molecule has 0 aliphatic carbocycles. The number of pyridine rings is 1. The molecule has 2 amide bonds. The van der Waals surface area contributed by atoms with Crippen molar-refractivity contribution in [3.8, 4) is 0 Å². The molecule has 2 aromatic rings. The molecule has 1 aromatic heterocycles. The Morgan fingerprint density at radius 2 is 1.95 bits per heavy atom. The van der Waals surface area contributed by atoms with Crippen LogP contribution in [0.25, 0.3) is 0 Å². The molecule has 0 bridgehead atoms. The number of rotatable bonds is 2. The monoisotopic (exact) mass is 346 g/mol. The van der Waals surface area contributed by atoms with Gasteiger partial charge in [0.1, 0.15) is 5.69 Å². The van der Waals surface area contributed by atoms with Crippen molar-refractivity contribution in [2.24, 2.45) is 0 Å². The summed E-state index contributed by atoms with van der Waals surface area (Å²) in [7, 11) is 0. The van der Waals surface area contributed by atoms with Crippen LogP contribution in [0.5, 0.6) is 0 Å². The first-order chi connectivity index (χ1) is 10.0. The fourth-order valence-electron chi connectivity index (χ4n) is 2.11. The second-order valence-corrected chi connectivity index (χ2v) is 5.17. The number of amides is 2. The normalized spacial score (nSPS) is 13.5. The van der Waals surface area contributed by atoms with Gasteiger partial charge < -0.3 is 5.11 Å². The van der Waals surface area contributed by atoms with Gasteiger partial charge in [-0.25, -0.2) is 9.69 Å². The largest absolute Gasteiger partial charge is 0.478 e. The molecule has 0 saturated carbocycles. The van der Waals surface area contributed by atoms with E-state index in [-0.39, 0.29) is 22.5 Å². The van der Waals surface area contributed by atoms with Crippen LogP contribution >= 0.6 is 15.9 Å². The number of fused-ring (bicyclic) bond motifs is 1. The molecule has 1 aliphatic heterocycles. The van der Waals surface area contributed by atoms with Gasteiger partial charge in [-0.3, -0.25) is 14.6 Å². The van der Waals surface area contributed by atoms with Gasteiger partial charge in [-0.1, -0.05) is 0 Å². The molecule has 0 atom stereocenters. The molecule has 1 aromatic carbocycles. The Morgan fingerprint density at radius 3 is 2.57 bits per heavy atom. The van der Waals surface area contributed by atoms with Gasteiger partial charge >= 0.3 is 5.97 Å². The Hall–Kier alpha value is -2.54. The number of hydrogen-bond acceptors (Lipinski definition) is 4. The van der Waals surface area contributed by atoms with Gasteiger partial charge in [0.2, 0.25) is 0 Å². The number of aromatic carboxylic acids is 1. The summed E-state index contributed by atoms with van der Waals surface area (Å²) in [4.78, 5) is 40.4. The first-order valence-electron chi connectivity index (χ1n) is 5.87. The summed E-state index contributed by atoms with van der Waals surface area (Å²) in [5, 5.41) is 8.93. The lowest BCUT2D eigenvalue weighted by molar-refractivity contribution is 0.0696. The van der Waals surface area contributed by atoms with E-state index in [1.807, 2.05) is 0 Å². The van der Waals surface area contributed by atoms with E-state index in [4.69, 9.17) is 5.11 Å². The second-order valence-electron chi connectivity index (χ2n) is 4.32. The lowest BCUT2D eigenvalue weighted by Gasteiger charge is -2.15. The van der Waals surface area contributed by atoms with Crippen molar-refractivity contribution in [1.82, 2.24) is 4.98 Å². The number of halogens is 1. The minimum atomic E-state index is -1.09. The topological polar surface area (TPSA) is 87.6 Å². The highest BCUT2D eigenvalue weighted by Crippen LogP contribution is 2.33. The average molecular weight is 347 g/mol. The summed E-state index contributed by atoms with van der Waals surface area (Å²) >= 11 is 3.20. The number of hydrogen-bond donors (Lipinski definition) is 1. The summed E-state index contributed by atoms with van der Waals surface area (Å²) in [5.74, 6) is -2.10. The average Bonchev–Trinajstić information content (AvgIpc) is 2.72. The minimum absolute atomic E-state index is 0.0559. The van der Waals surface area contributed by atoms with E-state index >= 15 is 0 Å². The van der Waals surface area contributed by atoms with Crippen molar-refractivity contribution in [3.05, 3.63) is 57.8 Å². The maximum Gasteiger partial charge on any atom is 0.335 e. The van der Waals surface area contributed by atoms with Crippen LogP contribution in [0.1, 0.15) is 31.2 Å². The van der Waals surface area contributed by atoms with Crippen molar-refractivity contribution < 1.29 is 19.5 Å². The highest BCUT2D eigenvalue weighted by molar-refractivity contribution is 9.10. The van der Waals surface area contributed by atoms with Crippen molar-refractivity contribution in [3.63, 3.8) is 0 Å². The highest BCUT2D eigenvalue weighted by Gasteiger charge is 2.38. The molecule has 21 heavy (non-hydrogen) atoms. The van der Waals surface area contributed by atoms with E-state index in [0.717, 1.165) is 4.90 Å². The third kappa shape index (κ3) is 2.02. The Labute approximate surface area is 127 Å². The molecular weight excluding hydrogens is 340 g/mol. The molecule has 104 valence electrons. The van der Waals surface area contributed by atoms with E-state index in [0.29, 0.717) is 4.47 Å². The van der Waals surface area contributed by atoms with Gasteiger partial charge in [0.15, 0.2) is 0 Å². The van der Waals surface area contributed by atoms with Crippen LogP contribution in [0.2, 0.25) is 0 Å². The zero-order valence-electron chi connectivity index (χ0n) is 10.4. The van der Waals surface area contributed by atoms with Crippen LogP contribution < -0.4 is 4.90 Å². The molecule has 0 saturated heterocycles. The fourth-order valence-corrected chi connectivity index (χ4v) is 2.66. The number of carbonyl (C=O) groups excluding carboxylic acids is 2. The third-order valence-electron chi connectivity index (χ3n) is 3.08. The van der Waals surface area contributed by atoms with Crippen LogP contribution in [0, 0.1) is 0 Å². The van der Waals surface area contributed by atoms with Crippen LogP contribution in [0.15, 0.2) is 41.0 Å². The summed E-state index contributed by atoms with van der Waals surface area (Å²) in [5.41, 5.74) is 0.668. The maximum atomic E-state index is 12.3. The van der Waals surface area contributed by atoms with Gasteiger partial charge in [0.05, 0.1) is 16.8 Å². The molecule has 3 rings (SSSR count). The smallest absolute Gasteiger partial charge is 0.335 e. The molecule has 0 radical (unpaired) electrons. The number of nitrogens with zero attached hydrogens (tertiary/aromatic N) is 2. The van der Waals surface area contributed by atoms with Gasteiger partial charge in [-0.2, -0.15) is 0 Å². The Bertz CT molecular complexity index is 768. The Balaban J connectivity index is 2.09. The molecule has 1 aliphatic rings. The molecule has 0 fully saturated rings. The lowest BCUT2D eigenvalue weighted by Crippen LogP contribution is -2.29. The van der Waals surface area contributed by atoms with Crippen molar-refractivity contribution in [2.75, 3.05) is 4.90 Å². The van der Waals surface area contributed by atoms with Crippen LogP contribution in [0.4, 0.5) is 5.69 Å². The van der Waals surface area contributed by atoms with Gasteiger partial charge in [-0.15, -0.1) is 0 Å². The van der Waals surface area contributed by atoms with Gasteiger partial charge in [0, 0.05) is 10.7 Å². The first kappa shape index (κ1) is 13.4. The molecule has 2 heterocycles. The molecule has 7 heteroatoms. The first-order valence-corrected chi connectivity index (χ1v) is 6.66. The lowest BCUT2D eigenvalue weighted by atomic mass is 10.2. The third-order valence-corrected chi connectivity index (χ3v) is 3.72. The zero-order chi connectivity index (χ0) is 15.1. The van der Waals surface area contributed by atoms with Crippen molar-refractivity contribution >= 4 is 39.4 Å². The van der Waals surface area contributed by atoms with E-state index in [2.05, 4.69) is 20.9 Å². The van der Waals surface area contributed by atoms with E-state index < -0.39 is 17.8 Å². The van der Waals surface area contributed by atoms with E-state index in [9.17, 15) is 14.4 Å². The van der Waals surface area contributed by atoms with E-state index in [1.165, 1.54) is 30.5 Å². The second kappa shape index (κ2) is 4.78. The summed E-state index contributed by atoms with van der Waals surface area (Å²) in [6.07, 6.45) is 1.44. The SMILES string of the molecule is O=C(O)c1ccc(N2C(=O)c3cccnc3C2=O)c(Br)c1. The number of benzene rings is 1. The standard InChI is InChI=1S/C14H7BrN2O4/c15-9-6-7(14(20)21)3-4-10(9)17-12(18)8-2-1-5-16-11(8)13(17)19/h1-6H,(H,20,21). The predicted molar refractivity (Wildman–Crippen MR) is 76.5 cm³/mol. The minimum Gasteiger partial charge on any atom is -0.478 e. The molecule has 1 N–H and O–H groups in total. The van der Waals surface area contributed by atoms with Gasteiger partial charge in [-0.05, 0) is 46.3 Å². The van der Waals surface area contributed by atoms with Crippen molar-refractivity contribution in [1.29, 1.82) is 0 Å². The molecular formula is C14H7BrN2O4. The number of carboxylic acid groups (broad SMARTS) is 1. The quantitative estimate of drug-likeness (QED) is 0.843. The van der Waals surface area contributed by atoms with Gasteiger partial charge in [0.25, 0.3) is 11.8 Å². The summed E-state index contributed by atoms with van der Waals surface area (Å²) < 4.78 is 0.344. The van der Waals surface area contributed by atoms with Crippen molar-refractivity contribution in [2.45, 2.75) is 0 Å². The molecule has 6 nitrogen and oxygen atoms in total. The summed E-state index contributed by atoms with van der Waals surface area (Å²) in [6.45, 7) is 0. The highest BCUT2D eigenvalue weighted by atomic mass is 79.9. The van der Waals surface area contributed by atoms with Crippen LogP contribution in [-0.4, -0.2) is 27.9 Å². The fraction of sp³-hybridized carbons (Fsp3) is 0. The Kier molecular flexibility index (Phi) is 3.06.